The molecule has 0 bridgehead atoms. The number of rotatable bonds is 5. The third-order valence-electron chi connectivity index (χ3n) is 5.30. The number of piperazine rings is 1. The highest BCUT2D eigenvalue weighted by atomic mass is 32.1. The first kappa shape index (κ1) is 18.8. The molecule has 0 aliphatic carbocycles. The number of thiophene rings is 1. The van der Waals surface area contributed by atoms with Crippen LogP contribution in [0.1, 0.15) is 41.7 Å². The van der Waals surface area contributed by atoms with Gasteiger partial charge in [0.2, 0.25) is 11.7 Å². The van der Waals surface area contributed by atoms with Gasteiger partial charge in [-0.2, -0.15) is 4.98 Å². The lowest BCUT2D eigenvalue weighted by atomic mass is 10.1. The Labute approximate surface area is 168 Å². The number of nitrogens with zero attached hydrogens (tertiary/aromatic N) is 4. The van der Waals surface area contributed by atoms with Gasteiger partial charge in [-0.05, 0) is 42.5 Å². The van der Waals surface area contributed by atoms with E-state index in [0.29, 0.717) is 24.8 Å². The summed E-state index contributed by atoms with van der Waals surface area (Å²) < 4.78 is 5.49. The smallest absolute Gasteiger partial charge is 0.253 e. The Hall–Kier alpha value is -2.51. The average Bonchev–Trinajstić information content (AvgIpc) is 3.45. The molecule has 146 valence electrons. The summed E-state index contributed by atoms with van der Waals surface area (Å²) in [7, 11) is 0. The van der Waals surface area contributed by atoms with E-state index in [9.17, 15) is 4.79 Å². The van der Waals surface area contributed by atoms with Crippen molar-refractivity contribution in [2.24, 2.45) is 0 Å². The van der Waals surface area contributed by atoms with E-state index in [0.717, 1.165) is 30.0 Å². The van der Waals surface area contributed by atoms with E-state index in [2.05, 4.69) is 28.9 Å². The van der Waals surface area contributed by atoms with Gasteiger partial charge in [-0.3, -0.25) is 9.69 Å². The molecule has 1 amide bonds. The van der Waals surface area contributed by atoms with Crippen molar-refractivity contribution in [3.63, 3.8) is 0 Å². The van der Waals surface area contributed by atoms with E-state index in [1.54, 1.807) is 11.3 Å². The number of hydrogen-bond donors (Lipinski definition) is 0. The second kappa shape index (κ2) is 8.24. The van der Waals surface area contributed by atoms with Gasteiger partial charge in [-0.1, -0.05) is 30.3 Å². The average molecular weight is 397 g/mol. The van der Waals surface area contributed by atoms with Crippen molar-refractivity contribution in [2.45, 2.75) is 26.3 Å². The second-order valence-electron chi connectivity index (χ2n) is 6.99. The summed E-state index contributed by atoms with van der Waals surface area (Å²) in [5.41, 5.74) is 2.01. The summed E-state index contributed by atoms with van der Waals surface area (Å²) >= 11 is 1.60. The van der Waals surface area contributed by atoms with Gasteiger partial charge in [-0.15, -0.1) is 11.3 Å². The molecule has 4 rings (SSSR count). The molecule has 0 radical (unpaired) electrons. The molecule has 1 aromatic carbocycles. The summed E-state index contributed by atoms with van der Waals surface area (Å²) in [6, 6.07) is 11.9. The van der Waals surface area contributed by atoms with Crippen molar-refractivity contribution in [2.75, 3.05) is 26.2 Å². The van der Waals surface area contributed by atoms with Crippen molar-refractivity contribution in [1.29, 1.82) is 0 Å². The van der Waals surface area contributed by atoms with Crippen LogP contribution in [0.2, 0.25) is 0 Å². The van der Waals surface area contributed by atoms with E-state index in [4.69, 9.17) is 4.52 Å². The number of benzene rings is 1. The maximum atomic E-state index is 12.7. The normalized spacial score (nSPS) is 16.3. The lowest BCUT2D eigenvalue weighted by Gasteiger charge is -2.36. The molecule has 1 unspecified atom stereocenters. The first-order valence-corrected chi connectivity index (χ1v) is 10.5. The number of carbonyl (C=O) groups is 1. The van der Waals surface area contributed by atoms with E-state index in [-0.39, 0.29) is 11.9 Å². The van der Waals surface area contributed by atoms with Crippen LogP contribution >= 0.6 is 11.3 Å². The van der Waals surface area contributed by atoms with Gasteiger partial charge in [0.15, 0.2) is 0 Å². The number of carbonyl (C=O) groups excluding carboxylic acids is 1. The van der Waals surface area contributed by atoms with E-state index in [1.807, 2.05) is 46.7 Å². The Morgan fingerprint density at radius 2 is 1.93 bits per heavy atom. The first-order valence-electron chi connectivity index (χ1n) is 9.65. The number of hydrogen-bond acceptors (Lipinski definition) is 6. The Bertz CT molecular complexity index is 912. The molecule has 2 aromatic heterocycles. The molecule has 1 saturated heterocycles. The fourth-order valence-corrected chi connectivity index (χ4v) is 4.09. The maximum absolute atomic E-state index is 12.7. The Morgan fingerprint density at radius 1 is 1.18 bits per heavy atom. The Kier molecular flexibility index (Phi) is 5.54. The van der Waals surface area contributed by atoms with Crippen molar-refractivity contribution >= 4 is 17.2 Å². The molecule has 0 saturated carbocycles. The van der Waals surface area contributed by atoms with Gasteiger partial charge in [0.05, 0.1) is 10.9 Å². The quantitative estimate of drug-likeness (QED) is 0.655. The van der Waals surface area contributed by atoms with Crippen LogP contribution < -0.4 is 0 Å². The number of aromatic nitrogens is 2. The van der Waals surface area contributed by atoms with Crippen LogP contribution in [0.3, 0.4) is 0 Å². The molecule has 0 spiro atoms. The fraction of sp³-hybridized carbons (Fsp3) is 0.381. The van der Waals surface area contributed by atoms with E-state index < -0.39 is 0 Å². The summed E-state index contributed by atoms with van der Waals surface area (Å²) in [6.07, 6.45) is 0.981. The molecule has 1 aliphatic heterocycles. The highest BCUT2D eigenvalue weighted by Gasteiger charge is 2.28. The van der Waals surface area contributed by atoms with Crippen LogP contribution in [-0.4, -0.2) is 52.0 Å². The molecular weight excluding hydrogens is 372 g/mol. The van der Waals surface area contributed by atoms with Gasteiger partial charge < -0.3 is 9.42 Å². The largest absolute Gasteiger partial charge is 0.337 e. The van der Waals surface area contributed by atoms with E-state index in [1.165, 1.54) is 5.56 Å². The predicted octanol–water partition coefficient (Wildman–Crippen LogP) is 3.88. The summed E-state index contributed by atoms with van der Waals surface area (Å²) in [5.74, 6) is 1.37. The van der Waals surface area contributed by atoms with Crippen LogP contribution in [0.15, 0.2) is 46.3 Å². The molecule has 0 N–H and O–H groups in total. The summed E-state index contributed by atoms with van der Waals surface area (Å²) in [6.45, 7) is 7.17. The molecule has 6 nitrogen and oxygen atoms in total. The molecule has 28 heavy (non-hydrogen) atoms. The summed E-state index contributed by atoms with van der Waals surface area (Å²) in [4.78, 5) is 22.5. The van der Waals surface area contributed by atoms with Gasteiger partial charge in [0, 0.05) is 31.7 Å². The van der Waals surface area contributed by atoms with Gasteiger partial charge in [0.25, 0.3) is 5.91 Å². The van der Waals surface area contributed by atoms with Crippen molar-refractivity contribution < 1.29 is 9.32 Å². The standard InChI is InChI=1S/C21H24N4O2S/c1-3-16-6-8-17(9-7-16)21(26)25-12-10-24(11-13-25)15(2)20-22-19(23-27-20)18-5-4-14-28-18/h4-9,14-15H,3,10-13H2,1-2H3. The second-order valence-corrected chi connectivity index (χ2v) is 7.94. The van der Waals surface area contributed by atoms with Crippen molar-refractivity contribution in [3.05, 3.63) is 58.8 Å². The topological polar surface area (TPSA) is 62.5 Å². The lowest BCUT2D eigenvalue weighted by molar-refractivity contribution is 0.0551. The third kappa shape index (κ3) is 3.86. The van der Waals surface area contributed by atoms with Gasteiger partial charge >= 0.3 is 0 Å². The molecule has 3 heterocycles. The zero-order valence-electron chi connectivity index (χ0n) is 16.2. The minimum absolute atomic E-state index is 0.0299. The maximum Gasteiger partial charge on any atom is 0.253 e. The Balaban J connectivity index is 1.36. The highest BCUT2D eigenvalue weighted by Crippen LogP contribution is 2.26. The molecule has 3 aromatic rings. The van der Waals surface area contributed by atoms with Crippen LogP contribution in [0.25, 0.3) is 10.7 Å². The molecular formula is C21H24N4O2S. The van der Waals surface area contributed by atoms with Crippen LogP contribution in [0, 0.1) is 0 Å². The predicted molar refractivity (Wildman–Crippen MR) is 109 cm³/mol. The zero-order valence-corrected chi connectivity index (χ0v) is 17.0. The summed E-state index contributed by atoms with van der Waals surface area (Å²) in [5, 5.41) is 6.11. The van der Waals surface area contributed by atoms with Crippen molar-refractivity contribution in [1.82, 2.24) is 19.9 Å². The van der Waals surface area contributed by atoms with Crippen LogP contribution in [-0.2, 0) is 6.42 Å². The molecule has 7 heteroatoms. The molecule has 1 fully saturated rings. The van der Waals surface area contributed by atoms with E-state index >= 15 is 0 Å². The number of aryl methyl sites for hydroxylation is 1. The monoisotopic (exact) mass is 396 g/mol. The van der Waals surface area contributed by atoms with Crippen LogP contribution in [0.5, 0.6) is 0 Å². The molecule has 1 aliphatic rings. The van der Waals surface area contributed by atoms with Crippen molar-refractivity contribution in [3.8, 4) is 10.7 Å². The number of amides is 1. The van der Waals surface area contributed by atoms with Crippen LogP contribution in [0.4, 0.5) is 0 Å². The molecule has 1 atom stereocenters. The minimum Gasteiger partial charge on any atom is -0.337 e. The highest BCUT2D eigenvalue weighted by molar-refractivity contribution is 7.13. The zero-order chi connectivity index (χ0) is 19.5. The first-order chi connectivity index (χ1) is 13.7. The third-order valence-corrected chi connectivity index (χ3v) is 6.16. The van der Waals surface area contributed by atoms with Gasteiger partial charge in [0.1, 0.15) is 0 Å². The lowest BCUT2D eigenvalue weighted by Crippen LogP contribution is -2.49. The minimum atomic E-state index is 0.0299. The SMILES string of the molecule is CCc1ccc(C(=O)N2CCN(C(C)c3nc(-c4cccs4)no3)CC2)cc1. The van der Waals surface area contributed by atoms with Gasteiger partial charge in [-0.25, -0.2) is 0 Å². The Morgan fingerprint density at radius 3 is 2.57 bits per heavy atom. The fourth-order valence-electron chi connectivity index (χ4n) is 3.44.